The molecule has 7 heteroatoms. The molecule has 1 aromatic carbocycles. The number of benzene rings is 1. The van der Waals surface area contributed by atoms with Crippen molar-refractivity contribution in [2.24, 2.45) is 10.9 Å². The maximum atomic E-state index is 6.36. The van der Waals surface area contributed by atoms with Crippen molar-refractivity contribution in [3.63, 3.8) is 0 Å². The number of aliphatic imine (C=N–C) groups is 1. The summed E-state index contributed by atoms with van der Waals surface area (Å²) in [6, 6.07) is 8.12. The molecule has 0 radical (unpaired) electrons. The molecule has 1 N–H and O–H groups in total. The highest BCUT2D eigenvalue weighted by molar-refractivity contribution is 14.0. The van der Waals surface area contributed by atoms with E-state index < -0.39 is 0 Å². The van der Waals surface area contributed by atoms with Gasteiger partial charge in [-0.05, 0) is 51.4 Å². The minimum absolute atomic E-state index is 0. The van der Waals surface area contributed by atoms with Gasteiger partial charge in [0.25, 0.3) is 0 Å². The van der Waals surface area contributed by atoms with Gasteiger partial charge in [-0.25, -0.2) is 0 Å². The lowest BCUT2D eigenvalue weighted by Gasteiger charge is -2.38. The lowest BCUT2D eigenvalue weighted by atomic mass is 9.99. The SMILES string of the molecule is CCNC(=NCC1CCCN(C)C1)N1CCN(c2ccccc2Cl)CC1.I. The molecule has 27 heavy (non-hydrogen) atoms. The van der Waals surface area contributed by atoms with Gasteiger partial charge in [0.05, 0.1) is 10.7 Å². The lowest BCUT2D eigenvalue weighted by molar-refractivity contribution is 0.214. The number of hydrogen-bond acceptors (Lipinski definition) is 3. The Balaban J connectivity index is 0.00000261. The Hall–Kier alpha value is -0.730. The Morgan fingerprint density at radius 2 is 1.93 bits per heavy atom. The van der Waals surface area contributed by atoms with Crippen LogP contribution in [-0.4, -0.2) is 75.2 Å². The van der Waals surface area contributed by atoms with E-state index >= 15 is 0 Å². The fourth-order valence-electron chi connectivity index (χ4n) is 3.93. The van der Waals surface area contributed by atoms with Crippen LogP contribution in [0.3, 0.4) is 0 Å². The van der Waals surface area contributed by atoms with E-state index in [4.69, 9.17) is 16.6 Å². The highest BCUT2D eigenvalue weighted by Gasteiger charge is 2.22. The minimum Gasteiger partial charge on any atom is -0.367 e. The van der Waals surface area contributed by atoms with Crippen LogP contribution in [0.25, 0.3) is 0 Å². The molecule has 0 saturated carbocycles. The van der Waals surface area contributed by atoms with Gasteiger partial charge in [0, 0.05) is 45.8 Å². The highest BCUT2D eigenvalue weighted by atomic mass is 127. The van der Waals surface area contributed by atoms with E-state index in [0.29, 0.717) is 5.92 Å². The molecule has 1 atom stereocenters. The third kappa shape index (κ3) is 6.39. The zero-order valence-corrected chi connectivity index (χ0v) is 19.6. The second-order valence-corrected chi connectivity index (χ2v) is 7.80. The number of nitrogens with zero attached hydrogens (tertiary/aromatic N) is 4. The third-order valence-electron chi connectivity index (χ3n) is 5.33. The number of likely N-dealkylation sites (tertiary alicyclic amines) is 1. The molecule has 0 spiro atoms. The number of anilines is 1. The first-order valence-electron chi connectivity index (χ1n) is 9.88. The maximum absolute atomic E-state index is 6.36. The summed E-state index contributed by atoms with van der Waals surface area (Å²) in [7, 11) is 2.22. The third-order valence-corrected chi connectivity index (χ3v) is 5.65. The van der Waals surface area contributed by atoms with Crippen LogP contribution < -0.4 is 10.2 Å². The van der Waals surface area contributed by atoms with E-state index in [1.165, 1.54) is 25.9 Å². The Morgan fingerprint density at radius 3 is 2.59 bits per heavy atom. The normalized spacial score (nSPS) is 21.7. The summed E-state index contributed by atoms with van der Waals surface area (Å²) >= 11 is 6.36. The lowest BCUT2D eigenvalue weighted by Crippen LogP contribution is -2.52. The van der Waals surface area contributed by atoms with Crippen LogP contribution in [0.15, 0.2) is 29.3 Å². The quantitative estimate of drug-likeness (QED) is 0.386. The Bertz CT molecular complexity index is 604. The number of halogens is 2. The first-order valence-corrected chi connectivity index (χ1v) is 10.3. The van der Waals surface area contributed by atoms with Crippen LogP contribution in [0.5, 0.6) is 0 Å². The molecule has 2 aliphatic heterocycles. The van der Waals surface area contributed by atoms with Crippen LogP contribution in [0.1, 0.15) is 19.8 Å². The molecular formula is C20H33ClIN5. The van der Waals surface area contributed by atoms with Gasteiger partial charge in [0.1, 0.15) is 0 Å². The molecule has 0 bridgehead atoms. The highest BCUT2D eigenvalue weighted by Crippen LogP contribution is 2.26. The fourth-order valence-corrected chi connectivity index (χ4v) is 4.19. The van der Waals surface area contributed by atoms with E-state index in [1.807, 2.05) is 12.1 Å². The van der Waals surface area contributed by atoms with E-state index in [0.717, 1.165) is 55.9 Å². The summed E-state index contributed by atoms with van der Waals surface area (Å²) in [5.74, 6) is 1.76. The molecule has 0 aromatic heterocycles. The van der Waals surface area contributed by atoms with Crippen molar-refractivity contribution >= 4 is 47.2 Å². The Morgan fingerprint density at radius 1 is 1.19 bits per heavy atom. The molecule has 5 nitrogen and oxygen atoms in total. The fraction of sp³-hybridized carbons (Fsp3) is 0.650. The van der Waals surface area contributed by atoms with E-state index in [-0.39, 0.29) is 24.0 Å². The molecule has 2 saturated heterocycles. The molecular weight excluding hydrogens is 473 g/mol. The van der Waals surface area contributed by atoms with Gasteiger partial charge in [0.2, 0.25) is 0 Å². The summed E-state index contributed by atoms with van der Waals surface area (Å²) in [5.41, 5.74) is 1.14. The van der Waals surface area contributed by atoms with Crippen LogP contribution in [0, 0.1) is 5.92 Å². The second-order valence-electron chi connectivity index (χ2n) is 7.39. The van der Waals surface area contributed by atoms with Crippen LogP contribution in [-0.2, 0) is 0 Å². The van der Waals surface area contributed by atoms with Gasteiger partial charge in [0.15, 0.2) is 5.96 Å². The maximum Gasteiger partial charge on any atom is 0.194 e. The van der Waals surface area contributed by atoms with Crippen molar-refractivity contribution in [1.82, 2.24) is 15.1 Å². The molecule has 152 valence electrons. The van der Waals surface area contributed by atoms with Crippen molar-refractivity contribution in [3.05, 3.63) is 29.3 Å². The van der Waals surface area contributed by atoms with E-state index in [2.05, 4.69) is 46.1 Å². The number of para-hydroxylation sites is 1. The van der Waals surface area contributed by atoms with Crippen molar-refractivity contribution in [1.29, 1.82) is 0 Å². The Labute approximate surface area is 186 Å². The number of hydrogen-bond donors (Lipinski definition) is 1. The molecule has 3 rings (SSSR count). The first kappa shape index (κ1) is 22.6. The molecule has 2 heterocycles. The van der Waals surface area contributed by atoms with Gasteiger partial charge in [-0.15, -0.1) is 24.0 Å². The van der Waals surface area contributed by atoms with Crippen molar-refractivity contribution in [2.45, 2.75) is 19.8 Å². The average Bonchev–Trinajstić information content (AvgIpc) is 2.66. The zero-order valence-electron chi connectivity index (χ0n) is 16.5. The van der Waals surface area contributed by atoms with Crippen molar-refractivity contribution in [3.8, 4) is 0 Å². The Kier molecular flexibility index (Phi) is 9.45. The molecule has 2 fully saturated rings. The molecule has 1 unspecified atom stereocenters. The standard InChI is InChI=1S/C20H32ClN5.HI/c1-3-22-20(23-15-17-7-6-10-24(2)16-17)26-13-11-25(12-14-26)19-9-5-4-8-18(19)21;/h4-5,8-9,17H,3,6-7,10-16H2,1-2H3,(H,22,23);1H. The predicted octanol–water partition coefficient (Wildman–Crippen LogP) is 3.39. The van der Waals surface area contributed by atoms with Crippen molar-refractivity contribution in [2.75, 3.05) is 64.3 Å². The summed E-state index contributed by atoms with van der Waals surface area (Å²) in [4.78, 5) is 12.2. The summed E-state index contributed by atoms with van der Waals surface area (Å²) in [6.45, 7) is 10.3. The summed E-state index contributed by atoms with van der Waals surface area (Å²) in [5, 5.41) is 4.32. The number of piperidine rings is 1. The van der Waals surface area contributed by atoms with E-state index in [9.17, 15) is 0 Å². The van der Waals surface area contributed by atoms with Crippen LogP contribution in [0.4, 0.5) is 5.69 Å². The smallest absolute Gasteiger partial charge is 0.194 e. The van der Waals surface area contributed by atoms with Gasteiger partial charge in [-0.3, -0.25) is 4.99 Å². The van der Waals surface area contributed by atoms with Crippen LogP contribution >= 0.6 is 35.6 Å². The monoisotopic (exact) mass is 505 g/mol. The second kappa shape index (κ2) is 11.3. The number of piperazine rings is 1. The predicted molar refractivity (Wildman–Crippen MR) is 127 cm³/mol. The summed E-state index contributed by atoms with van der Waals surface area (Å²) in [6.07, 6.45) is 2.59. The topological polar surface area (TPSA) is 34.1 Å². The molecule has 1 aromatic rings. The average molecular weight is 506 g/mol. The largest absolute Gasteiger partial charge is 0.367 e. The minimum atomic E-state index is 0. The van der Waals surface area contributed by atoms with Gasteiger partial charge < -0.3 is 20.0 Å². The first-order chi connectivity index (χ1) is 12.7. The van der Waals surface area contributed by atoms with E-state index in [1.54, 1.807) is 0 Å². The molecule has 2 aliphatic rings. The zero-order chi connectivity index (χ0) is 18.4. The molecule has 0 aliphatic carbocycles. The molecule has 0 amide bonds. The van der Waals surface area contributed by atoms with Gasteiger partial charge in [-0.1, -0.05) is 23.7 Å². The number of guanidine groups is 1. The van der Waals surface area contributed by atoms with Gasteiger partial charge in [-0.2, -0.15) is 0 Å². The number of nitrogens with one attached hydrogen (secondary N) is 1. The van der Waals surface area contributed by atoms with Gasteiger partial charge >= 0.3 is 0 Å². The summed E-state index contributed by atoms with van der Waals surface area (Å²) < 4.78 is 0. The van der Waals surface area contributed by atoms with Crippen LogP contribution in [0.2, 0.25) is 5.02 Å². The van der Waals surface area contributed by atoms with Crippen molar-refractivity contribution < 1.29 is 0 Å². The number of rotatable bonds is 4.